The number of rotatable bonds is 3. The summed E-state index contributed by atoms with van der Waals surface area (Å²) in [7, 11) is -1.53. The van der Waals surface area contributed by atoms with Gasteiger partial charge in [0, 0.05) is 5.56 Å². The summed E-state index contributed by atoms with van der Waals surface area (Å²) < 4.78 is 5.85. The van der Waals surface area contributed by atoms with Crippen LogP contribution in [0.5, 0.6) is 0 Å². The fourth-order valence-corrected chi connectivity index (χ4v) is 2.16. The molecule has 0 aliphatic heterocycles. The van der Waals surface area contributed by atoms with Crippen LogP contribution < -0.4 is 0 Å². The Kier molecular flexibility index (Phi) is 3.16. The van der Waals surface area contributed by atoms with E-state index in [0.29, 0.717) is 0 Å². The van der Waals surface area contributed by atoms with Crippen molar-refractivity contribution in [3.8, 4) is 0 Å². The first-order valence-corrected chi connectivity index (χ1v) is 8.25. The summed E-state index contributed by atoms with van der Waals surface area (Å²) in [5.74, 6) is 0.808. The Balaban J connectivity index is 2.86. The molecule has 1 aromatic carbocycles. The van der Waals surface area contributed by atoms with Crippen LogP contribution in [-0.4, -0.2) is 8.32 Å². The zero-order valence-electron chi connectivity index (χ0n) is 9.42. The van der Waals surface area contributed by atoms with E-state index in [9.17, 15) is 0 Å². The number of hydrogen-bond acceptors (Lipinski definition) is 1. The Labute approximate surface area is 87.5 Å². The van der Waals surface area contributed by atoms with Gasteiger partial charge >= 0.3 is 0 Å². The average molecular weight is 206 g/mol. The van der Waals surface area contributed by atoms with Crippen molar-refractivity contribution in [2.24, 2.45) is 0 Å². The first-order chi connectivity index (χ1) is 6.40. The Morgan fingerprint density at radius 3 is 2.29 bits per heavy atom. The van der Waals surface area contributed by atoms with Gasteiger partial charge in [0.05, 0.1) is 0 Å². The van der Waals surface area contributed by atoms with Gasteiger partial charge in [-0.05, 0) is 32.1 Å². The normalized spacial score (nSPS) is 11.1. The second kappa shape index (κ2) is 4.01. The van der Waals surface area contributed by atoms with Crippen LogP contribution in [0.1, 0.15) is 11.1 Å². The van der Waals surface area contributed by atoms with E-state index in [0.717, 1.165) is 11.3 Å². The van der Waals surface area contributed by atoms with Gasteiger partial charge in [0.25, 0.3) is 0 Å². The summed E-state index contributed by atoms with van der Waals surface area (Å²) >= 11 is 0. The van der Waals surface area contributed by atoms with Crippen LogP contribution in [0.2, 0.25) is 19.6 Å². The molecule has 0 aliphatic rings. The van der Waals surface area contributed by atoms with Gasteiger partial charge in [0.15, 0.2) is 0 Å². The molecular formula is C12H18OSi. The molecule has 0 amide bonds. The van der Waals surface area contributed by atoms with Gasteiger partial charge < -0.3 is 4.43 Å². The lowest BCUT2D eigenvalue weighted by atomic mass is 10.1. The minimum Gasteiger partial charge on any atom is -0.544 e. The van der Waals surface area contributed by atoms with Crippen LogP contribution in [0.25, 0.3) is 5.76 Å². The highest BCUT2D eigenvalue weighted by Crippen LogP contribution is 2.21. The Bertz CT molecular complexity index is 336. The zero-order valence-corrected chi connectivity index (χ0v) is 10.4. The van der Waals surface area contributed by atoms with E-state index >= 15 is 0 Å². The van der Waals surface area contributed by atoms with Crippen molar-refractivity contribution in [2.75, 3.05) is 0 Å². The van der Waals surface area contributed by atoms with Crippen molar-refractivity contribution in [3.63, 3.8) is 0 Å². The van der Waals surface area contributed by atoms with E-state index in [1.54, 1.807) is 0 Å². The maximum Gasteiger partial charge on any atom is 0.242 e. The van der Waals surface area contributed by atoms with Crippen molar-refractivity contribution in [1.82, 2.24) is 0 Å². The molecule has 0 saturated carbocycles. The third kappa shape index (κ3) is 3.03. The van der Waals surface area contributed by atoms with E-state index in [4.69, 9.17) is 4.43 Å². The molecule has 0 N–H and O–H groups in total. The molecule has 0 radical (unpaired) electrons. The van der Waals surface area contributed by atoms with Crippen LogP contribution in [-0.2, 0) is 4.43 Å². The van der Waals surface area contributed by atoms with Crippen molar-refractivity contribution >= 4 is 14.1 Å². The lowest BCUT2D eigenvalue weighted by Gasteiger charge is -2.21. The summed E-state index contributed by atoms with van der Waals surface area (Å²) in [5, 5.41) is 0. The van der Waals surface area contributed by atoms with Gasteiger partial charge in [-0.3, -0.25) is 0 Å². The number of hydrogen-bond donors (Lipinski definition) is 0. The van der Waals surface area contributed by atoms with Gasteiger partial charge in [-0.2, -0.15) is 0 Å². The molecule has 0 spiro atoms. The van der Waals surface area contributed by atoms with Crippen molar-refractivity contribution in [2.45, 2.75) is 26.6 Å². The first-order valence-electron chi connectivity index (χ1n) is 4.84. The fraction of sp³-hybridized carbons (Fsp3) is 0.333. The van der Waals surface area contributed by atoms with Gasteiger partial charge in [-0.1, -0.05) is 30.8 Å². The monoisotopic (exact) mass is 206 g/mol. The summed E-state index contributed by atoms with van der Waals surface area (Å²) in [6, 6.07) is 8.17. The molecule has 0 fully saturated rings. The Morgan fingerprint density at radius 1 is 1.21 bits per heavy atom. The third-order valence-corrected chi connectivity index (χ3v) is 2.73. The maximum absolute atomic E-state index is 5.85. The van der Waals surface area contributed by atoms with E-state index in [1.807, 2.05) is 12.1 Å². The molecule has 2 heteroatoms. The molecule has 14 heavy (non-hydrogen) atoms. The summed E-state index contributed by atoms with van der Waals surface area (Å²) in [5.41, 5.74) is 2.34. The average Bonchev–Trinajstić information content (AvgIpc) is 2.01. The molecule has 1 aromatic rings. The number of aryl methyl sites for hydroxylation is 1. The van der Waals surface area contributed by atoms with Crippen LogP contribution in [0.15, 0.2) is 30.8 Å². The Morgan fingerprint density at radius 2 is 1.79 bits per heavy atom. The van der Waals surface area contributed by atoms with Gasteiger partial charge in [-0.25, -0.2) is 0 Å². The van der Waals surface area contributed by atoms with Gasteiger partial charge in [-0.15, -0.1) is 0 Å². The lowest BCUT2D eigenvalue weighted by Crippen LogP contribution is -2.24. The highest BCUT2D eigenvalue weighted by molar-refractivity contribution is 6.70. The predicted molar refractivity (Wildman–Crippen MR) is 64.6 cm³/mol. The topological polar surface area (TPSA) is 9.23 Å². The molecule has 0 aromatic heterocycles. The Hall–Kier alpha value is -1.02. The number of benzene rings is 1. The van der Waals surface area contributed by atoms with Crippen molar-refractivity contribution in [1.29, 1.82) is 0 Å². The first kappa shape index (κ1) is 11.1. The molecule has 1 nitrogen and oxygen atoms in total. The largest absolute Gasteiger partial charge is 0.544 e. The second-order valence-electron chi connectivity index (χ2n) is 4.45. The third-order valence-electron chi connectivity index (χ3n) is 1.87. The molecule has 1 rings (SSSR count). The van der Waals surface area contributed by atoms with E-state index < -0.39 is 8.32 Å². The molecule has 76 valence electrons. The molecule has 0 unspecified atom stereocenters. The van der Waals surface area contributed by atoms with Crippen LogP contribution in [0.3, 0.4) is 0 Å². The standard InChI is InChI=1S/C12H18OSi/c1-10-8-6-7-9-12(10)11(2)13-14(3,4)5/h6-9H,2H2,1,3-5H3. The minimum atomic E-state index is -1.53. The van der Waals surface area contributed by atoms with E-state index in [1.165, 1.54) is 5.56 Å². The molecule has 0 heterocycles. The molecule has 0 aliphatic carbocycles. The van der Waals surface area contributed by atoms with E-state index in [-0.39, 0.29) is 0 Å². The molecule has 0 atom stereocenters. The van der Waals surface area contributed by atoms with Gasteiger partial charge in [0.2, 0.25) is 8.32 Å². The molecule has 0 bridgehead atoms. The quantitative estimate of drug-likeness (QED) is 0.539. The lowest BCUT2D eigenvalue weighted by molar-refractivity contribution is 0.516. The second-order valence-corrected chi connectivity index (χ2v) is 8.88. The summed E-state index contributed by atoms with van der Waals surface area (Å²) in [6.45, 7) is 12.6. The van der Waals surface area contributed by atoms with Crippen molar-refractivity contribution in [3.05, 3.63) is 42.0 Å². The van der Waals surface area contributed by atoms with Gasteiger partial charge in [0.1, 0.15) is 5.76 Å². The highest BCUT2D eigenvalue weighted by atomic mass is 28.4. The summed E-state index contributed by atoms with van der Waals surface area (Å²) in [4.78, 5) is 0. The SMILES string of the molecule is C=C(O[Si](C)(C)C)c1ccccc1C. The van der Waals surface area contributed by atoms with Crippen LogP contribution in [0.4, 0.5) is 0 Å². The zero-order chi connectivity index (χ0) is 10.8. The van der Waals surface area contributed by atoms with Crippen molar-refractivity contribution < 1.29 is 4.43 Å². The smallest absolute Gasteiger partial charge is 0.242 e. The fourth-order valence-electron chi connectivity index (χ4n) is 1.31. The maximum atomic E-state index is 5.85. The van der Waals surface area contributed by atoms with Crippen LogP contribution >= 0.6 is 0 Å². The highest BCUT2D eigenvalue weighted by Gasteiger charge is 2.17. The van der Waals surface area contributed by atoms with Crippen LogP contribution in [0, 0.1) is 6.92 Å². The van der Waals surface area contributed by atoms with E-state index in [2.05, 4.69) is 45.3 Å². The minimum absolute atomic E-state index is 0.808. The molecular weight excluding hydrogens is 188 g/mol. The summed E-state index contributed by atoms with van der Waals surface area (Å²) in [6.07, 6.45) is 0. The predicted octanol–water partition coefficient (Wildman–Crippen LogP) is 3.82. The molecule has 0 saturated heterocycles.